The van der Waals surface area contributed by atoms with E-state index in [-0.39, 0.29) is 11.8 Å². The summed E-state index contributed by atoms with van der Waals surface area (Å²) in [5.74, 6) is -0.0558. The Morgan fingerprint density at radius 1 is 0.852 bits per heavy atom. The van der Waals surface area contributed by atoms with Gasteiger partial charge < -0.3 is 0 Å². The van der Waals surface area contributed by atoms with Gasteiger partial charge in [-0.25, -0.2) is 0 Å². The minimum atomic E-state index is -0.680. The second kappa shape index (κ2) is 5.54. The lowest BCUT2D eigenvalue weighted by molar-refractivity contribution is -0.146. The summed E-state index contributed by atoms with van der Waals surface area (Å²) in [6.07, 6.45) is 0.777. The molecule has 0 spiro atoms. The van der Waals surface area contributed by atoms with E-state index in [1.54, 1.807) is 0 Å². The zero-order valence-electron chi connectivity index (χ0n) is 16.8. The number of nitrogens with zero attached hydrogens (tertiary/aromatic N) is 1. The average molecular weight is 361 g/mol. The molecule has 2 aliphatic rings. The Balaban J connectivity index is 1.78. The molecule has 1 saturated heterocycles. The van der Waals surface area contributed by atoms with Gasteiger partial charge in [-0.05, 0) is 45.2 Å². The van der Waals surface area contributed by atoms with Crippen molar-refractivity contribution in [3.05, 3.63) is 70.8 Å². The number of amides is 2. The molecule has 1 aliphatic carbocycles. The summed E-state index contributed by atoms with van der Waals surface area (Å²) in [4.78, 5) is 28.5. The molecule has 4 rings (SSSR count). The standard InChI is InChI=1S/C24H27NO2/c1-6-24(19-13-16(2)12-17(3)14-19)22(4)20(26)25(21(27)23(22,24)5)15-18-10-8-7-9-11-18/h7-14H,6,15H2,1-5H3/t22-,23+,24+. The fraction of sp³-hybridized carbons (Fsp3) is 0.417. The van der Waals surface area contributed by atoms with E-state index in [9.17, 15) is 9.59 Å². The van der Waals surface area contributed by atoms with Gasteiger partial charge in [0, 0.05) is 5.41 Å². The molecule has 2 aromatic rings. The Bertz CT molecular complexity index is 900. The van der Waals surface area contributed by atoms with E-state index >= 15 is 0 Å². The van der Waals surface area contributed by atoms with Crippen LogP contribution in [0.2, 0.25) is 0 Å². The molecule has 27 heavy (non-hydrogen) atoms. The lowest BCUT2D eigenvalue weighted by Crippen LogP contribution is -2.42. The SMILES string of the molecule is CC[C@@]1(c2cc(C)cc(C)c2)[C@@]2(C)C(=O)N(Cc3ccccc3)C(=O)[C@]21C. The number of fused-ring (bicyclic) bond motifs is 1. The summed E-state index contributed by atoms with van der Waals surface area (Å²) in [5.41, 5.74) is 2.70. The highest BCUT2D eigenvalue weighted by Crippen LogP contribution is 2.83. The normalized spacial score (nSPS) is 32.0. The van der Waals surface area contributed by atoms with Crippen LogP contribution in [0.15, 0.2) is 48.5 Å². The van der Waals surface area contributed by atoms with Crippen LogP contribution in [0.25, 0.3) is 0 Å². The van der Waals surface area contributed by atoms with Crippen molar-refractivity contribution in [1.29, 1.82) is 0 Å². The van der Waals surface area contributed by atoms with Gasteiger partial charge in [-0.3, -0.25) is 14.5 Å². The molecular formula is C24H27NO2. The average Bonchev–Trinajstić information content (AvgIpc) is 3.05. The van der Waals surface area contributed by atoms with Gasteiger partial charge >= 0.3 is 0 Å². The van der Waals surface area contributed by atoms with Gasteiger partial charge in [-0.2, -0.15) is 0 Å². The van der Waals surface area contributed by atoms with E-state index in [1.807, 2.05) is 44.2 Å². The molecule has 2 amide bonds. The number of piperidine rings is 1. The van der Waals surface area contributed by atoms with Crippen LogP contribution in [0.4, 0.5) is 0 Å². The first kappa shape index (κ1) is 18.0. The lowest BCUT2D eigenvalue weighted by Gasteiger charge is -2.30. The first-order valence-electron chi connectivity index (χ1n) is 9.73. The van der Waals surface area contributed by atoms with Crippen molar-refractivity contribution in [2.24, 2.45) is 10.8 Å². The second-order valence-electron chi connectivity index (χ2n) is 8.57. The lowest BCUT2D eigenvalue weighted by atomic mass is 9.80. The summed E-state index contributed by atoms with van der Waals surface area (Å²) in [6.45, 7) is 10.6. The fourth-order valence-electron chi connectivity index (χ4n) is 6.04. The maximum atomic E-state index is 13.5. The van der Waals surface area contributed by atoms with Crippen molar-refractivity contribution in [1.82, 2.24) is 4.90 Å². The molecule has 1 saturated carbocycles. The Labute approximate surface area is 161 Å². The van der Waals surface area contributed by atoms with Crippen LogP contribution < -0.4 is 0 Å². The summed E-state index contributed by atoms with van der Waals surface area (Å²) in [7, 11) is 0. The highest BCUT2D eigenvalue weighted by Gasteiger charge is 2.92. The van der Waals surface area contributed by atoms with Crippen LogP contribution in [0, 0.1) is 24.7 Å². The molecule has 3 heteroatoms. The molecule has 0 aromatic heterocycles. The summed E-state index contributed by atoms with van der Waals surface area (Å²) in [6, 6.07) is 16.2. The van der Waals surface area contributed by atoms with Crippen LogP contribution >= 0.6 is 0 Å². The Morgan fingerprint density at radius 3 is 1.85 bits per heavy atom. The molecule has 2 fully saturated rings. The van der Waals surface area contributed by atoms with Crippen LogP contribution in [0.1, 0.15) is 49.4 Å². The van der Waals surface area contributed by atoms with Gasteiger partial charge in [-0.1, -0.05) is 66.6 Å². The van der Waals surface area contributed by atoms with Crippen LogP contribution in [-0.2, 0) is 21.5 Å². The quantitative estimate of drug-likeness (QED) is 0.750. The minimum absolute atomic E-state index is 0.0279. The molecule has 0 unspecified atom stereocenters. The van der Waals surface area contributed by atoms with Crippen LogP contribution in [0.3, 0.4) is 0 Å². The molecule has 0 bridgehead atoms. The van der Waals surface area contributed by atoms with Crippen molar-refractivity contribution in [2.75, 3.05) is 0 Å². The zero-order chi connectivity index (χ0) is 19.6. The molecular weight excluding hydrogens is 334 g/mol. The van der Waals surface area contributed by atoms with Crippen molar-refractivity contribution in [3.8, 4) is 0 Å². The Hall–Kier alpha value is -2.42. The predicted molar refractivity (Wildman–Crippen MR) is 106 cm³/mol. The summed E-state index contributed by atoms with van der Waals surface area (Å²) in [5, 5.41) is 0. The van der Waals surface area contributed by atoms with Gasteiger partial charge in [0.1, 0.15) is 0 Å². The van der Waals surface area contributed by atoms with Gasteiger partial charge in [0.25, 0.3) is 0 Å². The van der Waals surface area contributed by atoms with E-state index in [1.165, 1.54) is 16.0 Å². The van der Waals surface area contributed by atoms with Crippen molar-refractivity contribution in [2.45, 2.75) is 53.0 Å². The van der Waals surface area contributed by atoms with E-state index in [0.717, 1.165) is 17.5 Å². The minimum Gasteiger partial charge on any atom is -0.277 e. The fourth-order valence-corrected chi connectivity index (χ4v) is 6.04. The van der Waals surface area contributed by atoms with Gasteiger partial charge in [0.05, 0.1) is 17.4 Å². The maximum Gasteiger partial charge on any atom is 0.237 e. The molecule has 0 radical (unpaired) electrons. The third-order valence-electron chi connectivity index (χ3n) is 7.42. The van der Waals surface area contributed by atoms with Gasteiger partial charge in [-0.15, -0.1) is 0 Å². The number of benzene rings is 2. The van der Waals surface area contributed by atoms with E-state index < -0.39 is 16.2 Å². The van der Waals surface area contributed by atoms with E-state index in [0.29, 0.717) is 6.54 Å². The predicted octanol–water partition coefficient (Wildman–Crippen LogP) is 4.55. The molecule has 1 aliphatic heterocycles. The van der Waals surface area contributed by atoms with Crippen LogP contribution in [0.5, 0.6) is 0 Å². The number of imide groups is 1. The van der Waals surface area contributed by atoms with Crippen molar-refractivity contribution < 1.29 is 9.59 Å². The monoisotopic (exact) mass is 361 g/mol. The molecule has 3 atom stereocenters. The summed E-state index contributed by atoms with van der Waals surface area (Å²) >= 11 is 0. The molecule has 2 aromatic carbocycles. The number of hydrogen-bond donors (Lipinski definition) is 0. The van der Waals surface area contributed by atoms with Crippen molar-refractivity contribution in [3.63, 3.8) is 0 Å². The molecule has 1 heterocycles. The largest absolute Gasteiger partial charge is 0.277 e. The number of carbonyl (C=O) groups excluding carboxylic acids is 2. The number of rotatable bonds is 4. The number of aryl methyl sites for hydroxylation is 2. The number of hydrogen-bond acceptors (Lipinski definition) is 2. The first-order valence-corrected chi connectivity index (χ1v) is 9.73. The Kier molecular flexibility index (Phi) is 3.69. The molecule has 3 nitrogen and oxygen atoms in total. The smallest absolute Gasteiger partial charge is 0.237 e. The van der Waals surface area contributed by atoms with Gasteiger partial charge in [0.2, 0.25) is 11.8 Å². The molecule has 0 N–H and O–H groups in total. The molecule has 140 valence electrons. The third kappa shape index (κ3) is 1.92. The first-order chi connectivity index (χ1) is 12.7. The number of likely N-dealkylation sites (tertiary alicyclic amines) is 1. The Morgan fingerprint density at radius 2 is 1.37 bits per heavy atom. The second-order valence-corrected chi connectivity index (χ2v) is 8.57. The van der Waals surface area contributed by atoms with Crippen LogP contribution in [-0.4, -0.2) is 16.7 Å². The van der Waals surface area contributed by atoms with Crippen molar-refractivity contribution >= 4 is 11.8 Å². The highest BCUT2D eigenvalue weighted by molar-refractivity contribution is 6.17. The topological polar surface area (TPSA) is 37.4 Å². The van der Waals surface area contributed by atoms with Gasteiger partial charge in [0.15, 0.2) is 0 Å². The van der Waals surface area contributed by atoms with E-state index in [4.69, 9.17) is 0 Å². The number of carbonyl (C=O) groups is 2. The maximum absolute atomic E-state index is 13.5. The third-order valence-corrected chi connectivity index (χ3v) is 7.42. The van der Waals surface area contributed by atoms with E-state index in [2.05, 4.69) is 39.0 Å². The summed E-state index contributed by atoms with van der Waals surface area (Å²) < 4.78 is 0. The highest BCUT2D eigenvalue weighted by atomic mass is 16.2. The zero-order valence-corrected chi connectivity index (χ0v) is 16.8.